The van der Waals surface area contributed by atoms with Crippen LogP contribution >= 0.6 is 39.1 Å². The molecule has 2 saturated heterocycles. The summed E-state index contributed by atoms with van der Waals surface area (Å²) in [6.07, 6.45) is 1.83. The van der Waals surface area contributed by atoms with Gasteiger partial charge in [-0.05, 0) is 54.1 Å². The van der Waals surface area contributed by atoms with E-state index in [1.165, 1.54) is 36.4 Å². The summed E-state index contributed by atoms with van der Waals surface area (Å²) >= 11 is 17.5. The number of hydrogen-bond acceptors (Lipinski definition) is 7. The van der Waals surface area contributed by atoms with Crippen molar-refractivity contribution in [1.82, 2.24) is 4.90 Å². The van der Waals surface area contributed by atoms with Crippen molar-refractivity contribution in [2.75, 3.05) is 10.4 Å². The quantitative estimate of drug-likeness (QED) is 0.152. The van der Waals surface area contributed by atoms with Crippen LogP contribution in [0.1, 0.15) is 24.3 Å². The van der Waals surface area contributed by atoms with Gasteiger partial charge in [-0.2, -0.15) is 0 Å². The Hall–Kier alpha value is -2.70. The molecule has 0 radical (unpaired) electrons. The van der Waals surface area contributed by atoms with E-state index < -0.39 is 64.2 Å². The monoisotopic (exact) mass is 646 g/mol. The van der Waals surface area contributed by atoms with Gasteiger partial charge in [-0.3, -0.25) is 29.0 Å². The highest BCUT2D eigenvalue weighted by Gasteiger charge is 2.76. The number of fused-ring (bicyclic) bond motifs is 4. The molecule has 40 heavy (non-hydrogen) atoms. The van der Waals surface area contributed by atoms with Crippen molar-refractivity contribution in [3.63, 3.8) is 0 Å². The summed E-state index contributed by atoms with van der Waals surface area (Å²) in [5, 5.41) is 29.5. The van der Waals surface area contributed by atoms with Crippen molar-refractivity contribution in [1.29, 1.82) is 0 Å². The van der Waals surface area contributed by atoms with Crippen LogP contribution in [0.2, 0.25) is 0 Å². The second-order valence-corrected chi connectivity index (χ2v) is 12.3. The maximum Gasteiger partial charge on any atom is 0.488 e. The van der Waals surface area contributed by atoms with E-state index >= 15 is 0 Å². The molecule has 3 N–H and O–H groups in total. The van der Waals surface area contributed by atoms with Crippen LogP contribution in [0.15, 0.2) is 60.2 Å². The summed E-state index contributed by atoms with van der Waals surface area (Å²) in [6.45, 7) is 0. The number of likely N-dealkylation sites (tertiary alicyclic amines) is 1. The largest absolute Gasteiger partial charge is 0.508 e. The second-order valence-electron chi connectivity index (χ2n) is 10.6. The summed E-state index contributed by atoms with van der Waals surface area (Å²) in [4.78, 5) is 53.1. The lowest BCUT2D eigenvalue weighted by Crippen LogP contribution is -2.60. The topological polar surface area (TPSA) is 135 Å². The van der Waals surface area contributed by atoms with Crippen LogP contribution in [-0.4, -0.2) is 66.0 Å². The van der Waals surface area contributed by atoms with Crippen molar-refractivity contribution in [3.05, 3.63) is 65.7 Å². The highest BCUT2D eigenvalue weighted by Crippen LogP contribution is 2.65. The van der Waals surface area contributed by atoms with Gasteiger partial charge in [-0.25, -0.2) is 0 Å². The van der Waals surface area contributed by atoms with Gasteiger partial charge in [0.15, 0.2) is 9.75 Å². The van der Waals surface area contributed by atoms with Gasteiger partial charge >= 0.3 is 7.12 Å². The predicted octanol–water partition coefficient (Wildman–Crippen LogP) is 1.99. The third-order valence-electron chi connectivity index (χ3n) is 8.64. The van der Waals surface area contributed by atoms with Gasteiger partial charge in [0, 0.05) is 5.92 Å². The Kier molecular flexibility index (Phi) is 6.47. The maximum atomic E-state index is 14.0. The molecule has 6 rings (SSSR count). The number of phenolic OH excluding ortho intramolecular Hbond substituents is 1. The van der Waals surface area contributed by atoms with Gasteiger partial charge in [0.2, 0.25) is 11.8 Å². The number of phenols is 1. The van der Waals surface area contributed by atoms with Gasteiger partial charge in [0.1, 0.15) is 5.75 Å². The molecule has 2 aromatic carbocycles. The van der Waals surface area contributed by atoms with Gasteiger partial charge < -0.3 is 15.2 Å². The summed E-state index contributed by atoms with van der Waals surface area (Å²) in [6, 6.07) is 12.1. The zero-order chi connectivity index (χ0) is 28.7. The zero-order valence-corrected chi connectivity index (χ0v) is 23.8. The number of aromatic hydroxyl groups is 1. The summed E-state index contributed by atoms with van der Waals surface area (Å²) in [7, 11) is -1.79. The second kappa shape index (κ2) is 9.42. The van der Waals surface area contributed by atoms with Crippen molar-refractivity contribution in [2.24, 2.45) is 17.8 Å². The molecule has 2 aliphatic carbocycles. The number of amides is 4. The first-order valence-corrected chi connectivity index (χ1v) is 14.5. The van der Waals surface area contributed by atoms with E-state index in [1.54, 1.807) is 18.2 Å². The smallest absolute Gasteiger partial charge is 0.488 e. The minimum Gasteiger partial charge on any atom is -0.508 e. The first-order valence-electron chi connectivity index (χ1n) is 12.6. The minimum absolute atomic E-state index is 0.0762. The van der Waals surface area contributed by atoms with E-state index in [2.05, 4.69) is 15.9 Å². The Morgan fingerprint density at radius 3 is 2.38 bits per heavy atom. The Morgan fingerprint density at radius 2 is 1.70 bits per heavy atom. The molecule has 206 valence electrons. The van der Waals surface area contributed by atoms with E-state index in [9.17, 15) is 34.3 Å². The highest BCUT2D eigenvalue weighted by molar-refractivity contribution is 9.09. The third-order valence-corrected chi connectivity index (χ3v) is 10.6. The molecule has 9 nitrogen and oxygen atoms in total. The SMILES string of the molecule is O=C1C2CC=C3C(CC4(Cl)C(=O)N(CBr)C(=O)C4(Cl)C3c3cccc(O)c3)C2C(=O)N1c1cccc(B(O)O)c1. The first-order chi connectivity index (χ1) is 19.0. The molecule has 13 heteroatoms. The Morgan fingerprint density at radius 1 is 0.975 bits per heavy atom. The number of alkyl halides is 3. The molecule has 2 aromatic rings. The van der Waals surface area contributed by atoms with E-state index in [4.69, 9.17) is 23.2 Å². The lowest BCUT2D eigenvalue weighted by atomic mass is 9.56. The van der Waals surface area contributed by atoms with Gasteiger partial charge in [-0.15, -0.1) is 23.2 Å². The molecule has 4 amide bonds. The fraction of sp³-hybridized carbons (Fsp3) is 0.333. The zero-order valence-electron chi connectivity index (χ0n) is 20.7. The number of allylic oxidation sites excluding steroid dienone is 2. The van der Waals surface area contributed by atoms with Crippen LogP contribution in [-0.2, 0) is 19.2 Å². The van der Waals surface area contributed by atoms with Gasteiger partial charge in [0.25, 0.3) is 11.8 Å². The maximum absolute atomic E-state index is 14.0. The van der Waals surface area contributed by atoms with Crippen LogP contribution in [0, 0.1) is 17.8 Å². The lowest BCUT2D eigenvalue weighted by Gasteiger charge is -2.50. The van der Waals surface area contributed by atoms with Crippen molar-refractivity contribution >= 4 is 81.0 Å². The fourth-order valence-electron chi connectivity index (χ4n) is 6.91. The van der Waals surface area contributed by atoms with Gasteiger partial charge in [0.05, 0.1) is 23.0 Å². The molecular weight excluding hydrogens is 626 g/mol. The number of rotatable bonds is 4. The number of anilines is 1. The molecule has 0 aromatic heterocycles. The molecule has 1 saturated carbocycles. The number of benzene rings is 2. The normalized spacial score (nSPS) is 33.1. The van der Waals surface area contributed by atoms with E-state index in [-0.39, 0.29) is 35.2 Å². The van der Waals surface area contributed by atoms with Crippen molar-refractivity contribution in [2.45, 2.75) is 28.5 Å². The van der Waals surface area contributed by atoms with E-state index in [0.29, 0.717) is 11.1 Å². The highest BCUT2D eigenvalue weighted by atomic mass is 79.9. The van der Waals surface area contributed by atoms with E-state index in [1.807, 2.05) is 0 Å². The Bertz CT molecular complexity index is 1520. The van der Waals surface area contributed by atoms with Gasteiger partial charge in [-0.1, -0.05) is 51.8 Å². The molecule has 6 atom stereocenters. The van der Waals surface area contributed by atoms with Crippen LogP contribution in [0.5, 0.6) is 5.75 Å². The molecule has 2 heterocycles. The Labute approximate surface area is 247 Å². The molecule has 2 aliphatic heterocycles. The standard InChI is InChI=1S/C27H22BBrCl2N2O7/c29-12-32-24(37)26(30)11-19-17(21(27(26,31)25(32)38)13-3-1-6-16(34)9-13)7-8-18-20(19)23(36)33(22(18)35)15-5-2-4-14(10-15)28(39)40/h1-7,9-10,18-21,34,39-40H,8,11-12H2. The Balaban J connectivity index is 1.50. The molecule has 0 bridgehead atoms. The average molecular weight is 648 g/mol. The molecule has 3 fully saturated rings. The molecule has 6 unspecified atom stereocenters. The number of hydrogen-bond donors (Lipinski definition) is 3. The number of halogens is 3. The number of carbonyl (C=O) groups is 4. The van der Waals surface area contributed by atoms with Crippen LogP contribution in [0.3, 0.4) is 0 Å². The lowest BCUT2D eigenvalue weighted by molar-refractivity contribution is -0.138. The molecule has 4 aliphatic rings. The summed E-state index contributed by atoms with van der Waals surface area (Å²) in [5.74, 6) is -5.75. The predicted molar refractivity (Wildman–Crippen MR) is 150 cm³/mol. The third kappa shape index (κ3) is 3.54. The summed E-state index contributed by atoms with van der Waals surface area (Å²) in [5.41, 5.74) is 1.24. The van der Waals surface area contributed by atoms with Crippen LogP contribution in [0.25, 0.3) is 0 Å². The molecular formula is C27H22BBrCl2N2O7. The average Bonchev–Trinajstić information content (AvgIpc) is 3.26. The molecule has 0 spiro atoms. The summed E-state index contributed by atoms with van der Waals surface area (Å²) < 4.78 is 0. The first kappa shape index (κ1) is 27.5. The van der Waals surface area contributed by atoms with E-state index in [0.717, 1.165) is 9.80 Å². The fourth-order valence-corrected chi connectivity index (χ4v) is 8.34. The van der Waals surface area contributed by atoms with Crippen molar-refractivity contribution < 1.29 is 34.3 Å². The van der Waals surface area contributed by atoms with Crippen LogP contribution < -0.4 is 10.4 Å². The van der Waals surface area contributed by atoms with Crippen molar-refractivity contribution in [3.8, 4) is 5.75 Å². The minimum atomic E-state index is -1.95. The number of carbonyl (C=O) groups excluding carboxylic acids is 4. The van der Waals surface area contributed by atoms with Crippen LogP contribution in [0.4, 0.5) is 5.69 Å². The number of nitrogens with zero attached hydrogens (tertiary/aromatic N) is 2. The number of imide groups is 2.